The Labute approximate surface area is 255 Å². The molecule has 2 aliphatic heterocycles. The number of amides is 3. The number of anilines is 2. The van der Waals surface area contributed by atoms with E-state index in [1.165, 1.54) is 13.1 Å². The number of allylic oxidation sites excluding steroid dienone is 1. The van der Waals surface area contributed by atoms with E-state index in [0.29, 0.717) is 43.5 Å². The molecule has 44 heavy (non-hydrogen) atoms. The zero-order valence-corrected chi connectivity index (χ0v) is 24.7. The van der Waals surface area contributed by atoms with Crippen LogP contribution < -0.4 is 32.3 Å². The third kappa shape index (κ3) is 5.68. The number of nitrogens with two attached hydrogens (primary N) is 2. The number of pyridine rings is 1. The molecule has 1 saturated carbocycles. The molecule has 0 radical (unpaired) electrons. The van der Waals surface area contributed by atoms with Crippen molar-refractivity contribution in [1.82, 2.24) is 30.3 Å². The Balaban J connectivity index is 1.22. The highest BCUT2D eigenvalue weighted by Crippen LogP contribution is 2.43. The van der Waals surface area contributed by atoms with Gasteiger partial charge in [-0.1, -0.05) is 18.2 Å². The average molecular weight is 597 g/mol. The van der Waals surface area contributed by atoms with Gasteiger partial charge in [0.25, 0.3) is 11.8 Å². The van der Waals surface area contributed by atoms with E-state index in [9.17, 15) is 14.4 Å². The van der Waals surface area contributed by atoms with Crippen molar-refractivity contribution in [2.24, 2.45) is 23.3 Å². The van der Waals surface area contributed by atoms with Crippen molar-refractivity contribution < 1.29 is 14.4 Å². The van der Waals surface area contributed by atoms with E-state index in [-0.39, 0.29) is 34.9 Å². The van der Waals surface area contributed by atoms with E-state index in [1.54, 1.807) is 18.3 Å². The first-order valence-corrected chi connectivity index (χ1v) is 14.6. The van der Waals surface area contributed by atoms with Crippen molar-refractivity contribution in [1.29, 1.82) is 0 Å². The summed E-state index contributed by atoms with van der Waals surface area (Å²) in [5.41, 5.74) is 17.7. The maximum Gasteiger partial charge on any atom is 0.272 e. The lowest BCUT2D eigenvalue weighted by atomic mass is 9.96. The summed E-state index contributed by atoms with van der Waals surface area (Å²) in [6.45, 7) is 2.62. The number of carbonyl (C=O) groups excluding carboxylic acids is 3. The largest absolute Gasteiger partial charge is 0.393 e. The fourth-order valence-electron chi connectivity index (χ4n) is 5.65. The van der Waals surface area contributed by atoms with E-state index >= 15 is 0 Å². The molecule has 228 valence electrons. The molecule has 7 N–H and O–H groups in total. The van der Waals surface area contributed by atoms with Gasteiger partial charge in [0, 0.05) is 69.0 Å². The lowest BCUT2D eigenvalue weighted by Gasteiger charge is -2.39. The molecule has 0 bridgehead atoms. The van der Waals surface area contributed by atoms with E-state index in [0.717, 1.165) is 35.3 Å². The van der Waals surface area contributed by atoms with Crippen molar-refractivity contribution in [3.63, 3.8) is 0 Å². The second-order valence-corrected chi connectivity index (χ2v) is 11.4. The molecule has 0 atom stereocenters. The summed E-state index contributed by atoms with van der Waals surface area (Å²) in [6, 6.07) is 11.2. The number of hydrogen-bond acceptors (Lipinski definition) is 9. The maximum atomic E-state index is 12.7. The molecule has 0 spiro atoms. The van der Waals surface area contributed by atoms with Crippen LogP contribution in [0.5, 0.6) is 0 Å². The van der Waals surface area contributed by atoms with E-state index in [4.69, 9.17) is 16.6 Å². The van der Waals surface area contributed by atoms with E-state index in [1.807, 2.05) is 47.1 Å². The van der Waals surface area contributed by atoms with Gasteiger partial charge in [0.1, 0.15) is 17.2 Å². The molecule has 1 saturated heterocycles. The fourth-order valence-corrected chi connectivity index (χ4v) is 5.65. The number of fused-ring (bicyclic) bond motifs is 3. The number of para-hydroxylation sites is 1. The van der Waals surface area contributed by atoms with Crippen molar-refractivity contribution in [2.45, 2.75) is 25.9 Å². The van der Waals surface area contributed by atoms with Gasteiger partial charge in [-0.25, -0.2) is 0 Å². The highest BCUT2D eigenvalue weighted by Gasteiger charge is 2.34. The van der Waals surface area contributed by atoms with Gasteiger partial charge in [-0.2, -0.15) is 5.10 Å². The van der Waals surface area contributed by atoms with Gasteiger partial charge in [-0.05, 0) is 31.0 Å². The third-order valence-corrected chi connectivity index (χ3v) is 8.15. The first kappa shape index (κ1) is 28.8. The third-order valence-electron chi connectivity index (χ3n) is 8.15. The smallest absolute Gasteiger partial charge is 0.272 e. The number of carbonyl (C=O) groups is 3. The lowest BCUT2D eigenvalue weighted by Crippen LogP contribution is -2.51. The molecule has 13 nitrogen and oxygen atoms in total. The van der Waals surface area contributed by atoms with Crippen molar-refractivity contribution >= 4 is 29.1 Å². The Hall–Kier alpha value is -5.33. The van der Waals surface area contributed by atoms with Crippen LogP contribution in [0.1, 0.15) is 29.0 Å². The Kier molecular flexibility index (Phi) is 7.68. The van der Waals surface area contributed by atoms with Crippen molar-refractivity contribution in [3.05, 3.63) is 83.5 Å². The molecule has 3 aromatic rings. The number of benzene rings is 1. The second-order valence-electron chi connectivity index (χ2n) is 11.4. The Morgan fingerprint density at radius 1 is 1.07 bits per heavy atom. The number of nitrogens with one attached hydrogen (secondary N) is 3. The highest BCUT2D eigenvalue weighted by atomic mass is 16.2. The fraction of sp³-hybridized carbons (Fsp3) is 0.323. The van der Waals surface area contributed by atoms with E-state index < -0.39 is 5.91 Å². The normalized spacial score (nSPS) is 16.7. The Bertz CT molecular complexity index is 1670. The van der Waals surface area contributed by atoms with Crippen LogP contribution in [-0.2, 0) is 22.7 Å². The zero-order valence-electron chi connectivity index (χ0n) is 24.7. The van der Waals surface area contributed by atoms with Gasteiger partial charge in [0.15, 0.2) is 0 Å². The summed E-state index contributed by atoms with van der Waals surface area (Å²) in [5, 5.41) is 13.2. The number of aromatic nitrogens is 3. The predicted molar refractivity (Wildman–Crippen MR) is 165 cm³/mol. The zero-order chi connectivity index (χ0) is 31.0. The minimum atomic E-state index is -0.483. The summed E-state index contributed by atoms with van der Waals surface area (Å²) >= 11 is 0. The summed E-state index contributed by atoms with van der Waals surface area (Å²) in [4.78, 5) is 45.5. The number of likely N-dealkylation sites (tertiary alicyclic amines) is 1. The van der Waals surface area contributed by atoms with Gasteiger partial charge in [0.05, 0.1) is 35.5 Å². The average Bonchev–Trinajstić information content (AvgIpc) is 3.79. The van der Waals surface area contributed by atoms with Crippen LogP contribution in [-0.4, -0.2) is 64.6 Å². The molecule has 1 aromatic carbocycles. The van der Waals surface area contributed by atoms with E-state index in [2.05, 4.69) is 25.8 Å². The molecule has 3 amide bonds. The van der Waals surface area contributed by atoms with Gasteiger partial charge in [0.2, 0.25) is 5.91 Å². The Morgan fingerprint density at radius 2 is 1.86 bits per heavy atom. The molecule has 1 aliphatic carbocycles. The topological polar surface area (TPSA) is 177 Å². The van der Waals surface area contributed by atoms with Gasteiger partial charge in [-0.15, -0.1) is 0 Å². The summed E-state index contributed by atoms with van der Waals surface area (Å²) < 4.78 is 2.03. The predicted octanol–water partition coefficient (Wildman–Crippen LogP) is 1.32. The van der Waals surface area contributed by atoms with Gasteiger partial charge >= 0.3 is 0 Å². The lowest BCUT2D eigenvalue weighted by molar-refractivity contribution is -0.121. The van der Waals surface area contributed by atoms with Crippen LogP contribution in [0.25, 0.3) is 11.1 Å². The second kappa shape index (κ2) is 11.7. The highest BCUT2D eigenvalue weighted by molar-refractivity contribution is 5.96. The first-order chi connectivity index (χ1) is 21.2. The first-order valence-electron chi connectivity index (χ1n) is 14.6. The van der Waals surface area contributed by atoms with Crippen LogP contribution in [0.4, 0.5) is 11.4 Å². The number of rotatable bonds is 9. The SMILES string of the molecule is CNC(=O)/C(N)=C(/C=C(\N)NC(=O)C1CC1)Nc1cccc2c1N(C)Cc1c-2cnn1CC1CN(C(=O)c2ccccn2)C1. The number of likely N-dealkylation sites (N-methyl/N-ethyl adjacent to an activating group) is 1. The standard InChI is InChI=1S/C31H36N10O3/c1-34-30(43)27(33)24(12-26(32)38-29(42)19-9-10-19)37-22-8-5-6-20-21-13-36-41(25(21)17-39(2)28(20)22)16-18-14-40(15-18)31(44)23-7-3-4-11-35-23/h3-8,11-13,18-19,37H,9-10,14-17,32-33H2,1-2H3,(H,34,43)(H,38,42)/b26-12+,27-24+. The molecule has 2 aromatic heterocycles. The van der Waals surface area contributed by atoms with Crippen molar-refractivity contribution in [2.75, 3.05) is 37.4 Å². The quantitative estimate of drug-likeness (QED) is 0.180. The summed E-state index contributed by atoms with van der Waals surface area (Å²) in [6.07, 6.45) is 6.66. The van der Waals surface area contributed by atoms with Crippen molar-refractivity contribution in [3.8, 4) is 11.1 Å². The minimum Gasteiger partial charge on any atom is -0.393 e. The molecule has 13 heteroatoms. The maximum absolute atomic E-state index is 12.7. The monoisotopic (exact) mass is 596 g/mol. The van der Waals surface area contributed by atoms with Crippen LogP contribution in [0.2, 0.25) is 0 Å². The van der Waals surface area contributed by atoms with Gasteiger partial charge < -0.3 is 37.2 Å². The molecule has 3 aliphatic rings. The Morgan fingerprint density at radius 3 is 2.57 bits per heavy atom. The number of nitrogens with zero attached hydrogens (tertiary/aromatic N) is 5. The number of hydrogen-bond donors (Lipinski definition) is 5. The molecule has 4 heterocycles. The van der Waals surface area contributed by atoms with Crippen LogP contribution in [0.15, 0.2) is 72.1 Å². The van der Waals surface area contributed by atoms with Gasteiger partial charge in [-0.3, -0.25) is 24.0 Å². The molecule has 6 rings (SSSR count). The van der Waals surface area contributed by atoms with Crippen LogP contribution in [0, 0.1) is 11.8 Å². The molecule has 0 unspecified atom stereocenters. The molecule has 2 fully saturated rings. The van der Waals surface area contributed by atoms with Crippen LogP contribution >= 0.6 is 0 Å². The minimum absolute atomic E-state index is 0.0270. The molecular formula is C31H36N10O3. The summed E-state index contributed by atoms with van der Waals surface area (Å²) in [5.74, 6) is -0.319. The summed E-state index contributed by atoms with van der Waals surface area (Å²) in [7, 11) is 3.48. The van der Waals surface area contributed by atoms with Crippen LogP contribution in [0.3, 0.4) is 0 Å². The molecular weight excluding hydrogens is 560 g/mol.